The third-order valence-corrected chi connectivity index (χ3v) is 4.39. The van der Waals surface area contributed by atoms with Crippen molar-refractivity contribution in [2.24, 2.45) is 5.92 Å². The molecule has 0 bridgehead atoms. The van der Waals surface area contributed by atoms with Gasteiger partial charge in [0.25, 0.3) is 0 Å². The number of carboxylic acid groups (broad SMARTS) is 1. The number of aromatic amines is 1. The molecule has 106 valence electrons. The van der Waals surface area contributed by atoms with Gasteiger partial charge in [-0.3, -0.25) is 4.79 Å². The summed E-state index contributed by atoms with van der Waals surface area (Å²) in [6, 6.07) is 5.84. The summed E-state index contributed by atoms with van der Waals surface area (Å²) in [5, 5.41) is 9.58. The van der Waals surface area contributed by atoms with E-state index in [1.165, 1.54) is 0 Å². The van der Waals surface area contributed by atoms with Crippen LogP contribution >= 0.6 is 0 Å². The van der Waals surface area contributed by atoms with Gasteiger partial charge in [0.1, 0.15) is 5.82 Å². The topological polar surface area (TPSA) is 66.0 Å². The van der Waals surface area contributed by atoms with Gasteiger partial charge >= 0.3 is 5.97 Å². The van der Waals surface area contributed by atoms with E-state index in [9.17, 15) is 9.90 Å². The van der Waals surface area contributed by atoms with Crippen molar-refractivity contribution >= 4 is 17.0 Å². The number of imidazole rings is 1. The summed E-state index contributed by atoms with van der Waals surface area (Å²) >= 11 is 0. The lowest BCUT2D eigenvalue weighted by Crippen LogP contribution is -2.19. The molecule has 0 radical (unpaired) electrons. The average Bonchev–Trinajstić information content (AvgIpc) is 3.06. The number of aryl methyl sites for hydroxylation is 1. The number of hydrogen-bond donors (Lipinski definition) is 2. The zero-order valence-corrected chi connectivity index (χ0v) is 11.7. The van der Waals surface area contributed by atoms with Crippen LogP contribution in [-0.2, 0) is 11.2 Å². The van der Waals surface area contributed by atoms with E-state index >= 15 is 0 Å². The van der Waals surface area contributed by atoms with Crippen LogP contribution in [-0.4, -0.2) is 21.0 Å². The van der Waals surface area contributed by atoms with E-state index in [2.05, 4.69) is 16.9 Å². The van der Waals surface area contributed by atoms with Gasteiger partial charge in [-0.15, -0.1) is 0 Å². The largest absolute Gasteiger partial charge is 0.481 e. The first-order chi connectivity index (χ1) is 9.69. The second-order valence-corrected chi connectivity index (χ2v) is 5.67. The maximum atomic E-state index is 11.7. The Morgan fingerprint density at radius 3 is 2.85 bits per heavy atom. The van der Waals surface area contributed by atoms with E-state index in [0.29, 0.717) is 0 Å². The Kier molecular flexibility index (Phi) is 3.47. The third-order valence-electron chi connectivity index (χ3n) is 4.39. The molecule has 0 spiro atoms. The van der Waals surface area contributed by atoms with Gasteiger partial charge in [0.2, 0.25) is 0 Å². The van der Waals surface area contributed by atoms with Crippen LogP contribution in [0.3, 0.4) is 0 Å². The Morgan fingerprint density at radius 1 is 1.45 bits per heavy atom. The molecule has 1 unspecified atom stereocenters. The van der Waals surface area contributed by atoms with Crippen LogP contribution < -0.4 is 0 Å². The molecule has 20 heavy (non-hydrogen) atoms. The summed E-state index contributed by atoms with van der Waals surface area (Å²) in [5.41, 5.74) is 2.77. The molecule has 2 aromatic rings. The fourth-order valence-electron chi connectivity index (χ4n) is 3.35. The maximum absolute atomic E-state index is 11.7. The number of aromatic nitrogens is 2. The van der Waals surface area contributed by atoms with Gasteiger partial charge in [0.05, 0.1) is 17.0 Å². The number of carboxylic acids is 1. The number of nitrogens with one attached hydrogen (secondary N) is 1. The van der Waals surface area contributed by atoms with Crippen molar-refractivity contribution in [3.63, 3.8) is 0 Å². The fraction of sp³-hybridized carbons (Fsp3) is 0.500. The van der Waals surface area contributed by atoms with E-state index in [1.807, 2.05) is 18.2 Å². The molecule has 1 aliphatic carbocycles. The molecule has 1 heterocycles. The zero-order valence-electron chi connectivity index (χ0n) is 11.7. The van der Waals surface area contributed by atoms with Gasteiger partial charge in [-0.25, -0.2) is 4.98 Å². The molecule has 1 atom stereocenters. The number of benzene rings is 1. The third kappa shape index (κ3) is 2.30. The number of H-pyrrole nitrogens is 1. The smallest absolute Gasteiger partial charge is 0.311 e. The molecule has 1 fully saturated rings. The van der Waals surface area contributed by atoms with Gasteiger partial charge < -0.3 is 10.1 Å². The quantitative estimate of drug-likeness (QED) is 0.895. The first-order valence-electron chi connectivity index (χ1n) is 7.40. The standard InChI is InChI=1S/C16H20N2O2/c1-2-14-17-12-8-7-11(9-13(12)18-14)15(16(19)20)10-5-3-4-6-10/h7-10,15H,2-6H2,1H3,(H,17,18)(H,19,20). The number of fused-ring (bicyclic) bond motifs is 1. The molecule has 0 saturated heterocycles. The molecule has 4 nitrogen and oxygen atoms in total. The Bertz CT molecular complexity index is 626. The van der Waals surface area contributed by atoms with Crippen LogP contribution in [0.5, 0.6) is 0 Å². The highest BCUT2D eigenvalue weighted by Gasteiger charge is 2.32. The zero-order chi connectivity index (χ0) is 14.1. The molecule has 1 aromatic carbocycles. The molecule has 1 saturated carbocycles. The van der Waals surface area contributed by atoms with Crippen molar-refractivity contribution in [3.05, 3.63) is 29.6 Å². The molecular weight excluding hydrogens is 252 g/mol. The molecule has 1 aliphatic rings. The number of rotatable bonds is 4. The monoisotopic (exact) mass is 272 g/mol. The van der Waals surface area contributed by atoms with E-state index in [0.717, 1.165) is 54.5 Å². The Morgan fingerprint density at radius 2 is 2.20 bits per heavy atom. The minimum Gasteiger partial charge on any atom is -0.481 e. The summed E-state index contributed by atoms with van der Waals surface area (Å²) < 4.78 is 0. The van der Waals surface area contributed by atoms with Gasteiger partial charge in [0.15, 0.2) is 0 Å². The lowest BCUT2D eigenvalue weighted by molar-refractivity contribution is -0.140. The number of aliphatic carboxylic acids is 1. The highest BCUT2D eigenvalue weighted by molar-refractivity contribution is 5.81. The lowest BCUT2D eigenvalue weighted by Gasteiger charge is -2.19. The van der Waals surface area contributed by atoms with E-state index < -0.39 is 5.97 Å². The number of hydrogen-bond acceptors (Lipinski definition) is 2. The molecular formula is C16H20N2O2. The van der Waals surface area contributed by atoms with Crippen molar-refractivity contribution in [1.82, 2.24) is 9.97 Å². The van der Waals surface area contributed by atoms with Crippen molar-refractivity contribution in [2.75, 3.05) is 0 Å². The normalized spacial score (nSPS) is 17.6. The van der Waals surface area contributed by atoms with Gasteiger partial charge in [-0.2, -0.15) is 0 Å². The summed E-state index contributed by atoms with van der Waals surface area (Å²) in [6.45, 7) is 2.05. The van der Waals surface area contributed by atoms with Crippen molar-refractivity contribution < 1.29 is 9.90 Å². The van der Waals surface area contributed by atoms with Crippen LogP contribution in [0, 0.1) is 5.92 Å². The summed E-state index contributed by atoms with van der Waals surface area (Å²) in [4.78, 5) is 19.4. The van der Waals surface area contributed by atoms with Gasteiger partial charge in [-0.1, -0.05) is 25.8 Å². The molecule has 2 N–H and O–H groups in total. The first kappa shape index (κ1) is 13.2. The van der Waals surface area contributed by atoms with Crippen molar-refractivity contribution in [3.8, 4) is 0 Å². The Balaban J connectivity index is 1.99. The molecule has 3 rings (SSSR count). The lowest BCUT2D eigenvalue weighted by atomic mass is 9.85. The van der Waals surface area contributed by atoms with Crippen molar-refractivity contribution in [2.45, 2.75) is 44.9 Å². The SMILES string of the molecule is CCc1nc2ccc(C(C(=O)O)C3CCCC3)cc2[nH]1. The van der Waals surface area contributed by atoms with E-state index in [-0.39, 0.29) is 11.8 Å². The summed E-state index contributed by atoms with van der Waals surface area (Å²) in [7, 11) is 0. The molecule has 4 heteroatoms. The second-order valence-electron chi connectivity index (χ2n) is 5.67. The van der Waals surface area contributed by atoms with Gasteiger partial charge in [0, 0.05) is 6.42 Å². The maximum Gasteiger partial charge on any atom is 0.311 e. The van der Waals surface area contributed by atoms with Crippen LogP contribution in [0.25, 0.3) is 11.0 Å². The number of carbonyl (C=O) groups is 1. The number of nitrogens with zero attached hydrogens (tertiary/aromatic N) is 1. The van der Waals surface area contributed by atoms with Crippen LogP contribution in [0.4, 0.5) is 0 Å². The predicted octanol–water partition coefficient (Wildman–Crippen LogP) is 3.48. The Hall–Kier alpha value is -1.84. The van der Waals surface area contributed by atoms with Crippen molar-refractivity contribution in [1.29, 1.82) is 0 Å². The average molecular weight is 272 g/mol. The molecule has 0 amide bonds. The Labute approximate surface area is 118 Å². The highest BCUT2D eigenvalue weighted by atomic mass is 16.4. The minimum absolute atomic E-state index is 0.276. The minimum atomic E-state index is -0.702. The van der Waals surface area contributed by atoms with Gasteiger partial charge in [-0.05, 0) is 36.5 Å². The van der Waals surface area contributed by atoms with Crippen LogP contribution in [0.1, 0.15) is 49.9 Å². The fourth-order valence-corrected chi connectivity index (χ4v) is 3.35. The predicted molar refractivity (Wildman–Crippen MR) is 77.8 cm³/mol. The molecule has 1 aromatic heterocycles. The van der Waals surface area contributed by atoms with Crippen LogP contribution in [0.2, 0.25) is 0 Å². The second kappa shape index (κ2) is 5.27. The molecule has 0 aliphatic heterocycles. The first-order valence-corrected chi connectivity index (χ1v) is 7.40. The summed E-state index contributed by atoms with van der Waals surface area (Å²) in [5.74, 6) is 0.144. The van der Waals surface area contributed by atoms with Crippen LogP contribution in [0.15, 0.2) is 18.2 Å². The van der Waals surface area contributed by atoms with E-state index in [1.54, 1.807) is 0 Å². The van der Waals surface area contributed by atoms with E-state index in [4.69, 9.17) is 0 Å². The highest BCUT2D eigenvalue weighted by Crippen LogP contribution is 2.38. The summed E-state index contributed by atoms with van der Waals surface area (Å²) in [6.07, 6.45) is 5.22.